The van der Waals surface area contributed by atoms with Crippen LogP contribution in [-0.2, 0) is 9.53 Å². The molecule has 1 heterocycles. The number of ether oxygens (including phenoxy) is 1. The van der Waals surface area contributed by atoms with Crippen molar-refractivity contribution in [2.75, 3.05) is 19.4 Å². The summed E-state index contributed by atoms with van der Waals surface area (Å²) < 4.78 is 4.53. The number of nitrogens with one attached hydrogen (secondary N) is 1. The zero-order valence-electron chi connectivity index (χ0n) is 7.50. The molecular formula is C8H15NO2S. The second kappa shape index (κ2) is 4.72. The van der Waals surface area contributed by atoms with E-state index < -0.39 is 0 Å². The zero-order chi connectivity index (χ0) is 8.97. The van der Waals surface area contributed by atoms with Gasteiger partial charge in [-0.05, 0) is 6.42 Å². The van der Waals surface area contributed by atoms with E-state index in [0.29, 0.717) is 12.6 Å². The monoisotopic (exact) mass is 189 g/mol. The number of carbonyl (C=O) groups excluding carboxylic acids is 1. The van der Waals surface area contributed by atoms with Gasteiger partial charge in [-0.3, -0.25) is 4.79 Å². The number of methoxy groups -OCH3 is 1. The van der Waals surface area contributed by atoms with Crippen LogP contribution in [0, 0.1) is 0 Å². The third-order valence-electron chi connectivity index (χ3n) is 1.96. The Morgan fingerprint density at radius 2 is 2.50 bits per heavy atom. The molecule has 1 aliphatic heterocycles. The average molecular weight is 189 g/mol. The van der Waals surface area contributed by atoms with Crippen molar-refractivity contribution < 1.29 is 9.53 Å². The lowest BCUT2D eigenvalue weighted by Crippen LogP contribution is -2.34. The third-order valence-corrected chi connectivity index (χ3v) is 3.32. The minimum Gasteiger partial charge on any atom is -0.468 e. The maximum Gasteiger partial charge on any atom is 0.319 e. The van der Waals surface area contributed by atoms with E-state index in [1.54, 1.807) is 0 Å². The van der Waals surface area contributed by atoms with Crippen LogP contribution in [0.3, 0.4) is 0 Å². The van der Waals surface area contributed by atoms with Gasteiger partial charge in [0.25, 0.3) is 0 Å². The normalized spacial score (nSPS) is 28.8. The molecular weight excluding hydrogens is 174 g/mol. The summed E-state index contributed by atoms with van der Waals surface area (Å²) in [6, 6.07) is 0.490. The largest absolute Gasteiger partial charge is 0.468 e. The highest BCUT2D eigenvalue weighted by Crippen LogP contribution is 2.25. The predicted molar refractivity (Wildman–Crippen MR) is 50.3 cm³/mol. The van der Waals surface area contributed by atoms with Crippen molar-refractivity contribution >= 4 is 17.7 Å². The fourth-order valence-electron chi connectivity index (χ4n) is 1.26. The van der Waals surface area contributed by atoms with E-state index in [1.807, 2.05) is 11.8 Å². The number of rotatable bonds is 3. The van der Waals surface area contributed by atoms with Gasteiger partial charge in [0, 0.05) is 17.0 Å². The van der Waals surface area contributed by atoms with Crippen LogP contribution in [0.15, 0.2) is 0 Å². The van der Waals surface area contributed by atoms with Gasteiger partial charge in [-0.2, -0.15) is 11.8 Å². The number of carbonyl (C=O) groups is 1. The lowest BCUT2D eigenvalue weighted by atomic mass is 10.2. The molecule has 2 atom stereocenters. The summed E-state index contributed by atoms with van der Waals surface area (Å²) >= 11 is 1.95. The molecule has 0 aliphatic carbocycles. The molecule has 3 nitrogen and oxygen atoms in total. The smallest absolute Gasteiger partial charge is 0.319 e. The third kappa shape index (κ3) is 3.03. The van der Waals surface area contributed by atoms with Crippen LogP contribution < -0.4 is 5.32 Å². The molecule has 1 fully saturated rings. The number of thioether (sulfide) groups is 1. The van der Waals surface area contributed by atoms with Crippen molar-refractivity contribution in [1.82, 2.24) is 5.32 Å². The van der Waals surface area contributed by atoms with Gasteiger partial charge in [0.2, 0.25) is 0 Å². The van der Waals surface area contributed by atoms with E-state index in [-0.39, 0.29) is 5.97 Å². The van der Waals surface area contributed by atoms with E-state index in [9.17, 15) is 4.79 Å². The number of hydrogen-bond donors (Lipinski definition) is 1. The van der Waals surface area contributed by atoms with Crippen molar-refractivity contribution in [1.29, 1.82) is 0 Å². The molecule has 2 unspecified atom stereocenters. The Morgan fingerprint density at radius 1 is 1.75 bits per heavy atom. The minimum atomic E-state index is -0.181. The molecule has 0 bridgehead atoms. The molecule has 1 aliphatic rings. The number of hydrogen-bond acceptors (Lipinski definition) is 4. The first-order valence-electron chi connectivity index (χ1n) is 4.14. The highest BCUT2D eigenvalue weighted by Gasteiger charge is 2.21. The Kier molecular flexibility index (Phi) is 3.88. The van der Waals surface area contributed by atoms with Crippen molar-refractivity contribution in [3.8, 4) is 0 Å². The van der Waals surface area contributed by atoms with Crippen molar-refractivity contribution in [3.05, 3.63) is 0 Å². The summed E-state index contributed by atoms with van der Waals surface area (Å²) in [4.78, 5) is 10.8. The Morgan fingerprint density at radius 3 is 3.00 bits per heavy atom. The summed E-state index contributed by atoms with van der Waals surface area (Å²) in [7, 11) is 1.41. The summed E-state index contributed by atoms with van der Waals surface area (Å²) in [6.07, 6.45) is 1.15. The molecule has 1 saturated heterocycles. The highest BCUT2D eigenvalue weighted by molar-refractivity contribution is 8.00. The molecule has 12 heavy (non-hydrogen) atoms. The molecule has 0 spiro atoms. The van der Waals surface area contributed by atoms with Gasteiger partial charge in [-0.1, -0.05) is 6.92 Å². The van der Waals surface area contributed by atoms with E-state index in [0.717, 1.165) is 17.4 Å². The van der Waals surface area contributed by atoms with Crippen LogP contribution in [0.4, 0.5) is 0 Å². The molecule has 1 rings (SSSR count). The second-order valence-corrected chi connectivity index (χ2v) is 4.51. The molecule has 70 valence electrons. The molecule has 0 aromatic carbocycles. The van der Waals surface area contributed by atoms with Crippen LogP contribution in [0.25, 0.3) is 0 Å². The SMILES string of the molecule is COC(=O)CNC1CSC(C)C1. The Balaban J connectivity index is 2.11. The van der Waals surface area contributed by atoms with E-state index in [4.69, 9.17) is 0 Å². The average Bonchev–Trinajstić information content (AvgIpc) is 2.47. The molecule has 0 aromatic heterocycles. The summed E-state index contributed by atoms with van der Waals surface area (Å²) in [5, 5.41) is 3.89. The standard InChI is InChI=1S/C8H15NO2S/c1-6-3-7(5-12-6)9-4-8(10)11-2/h6-7,9H,3-5H2,1-2H3. The maximum absolute atomic E-state index is 10.8. The molecule has 0 saturated carbocycles. The quantitative estimate of drug-likeness (QED) is 0.661. The Hall–Kier alpha value is -0.220. The molecule has 0 aromatic rings. The Labute approximate surface area is 77.2 Å². The van der Waals surface area contributed by atoms with Gasteiger partial charge in [-0.25, -0.2) is 0 Å². The first-order chi connectivity index (χ1) is 5.72. The lowest BCUT2D eigenvalue weighted by molar-refractivity contribution is -0.139. The summed E-state index contributed by atoms with van der Waals surface area (Å²) in [5.74, 6) is 0.928. The van der Waals surface area contributed by atoms with E-state index in [2.05, 4.69) is 17.0 Å². The van der Waals surface area contributed by atoms with Crippen molar-refractivity contribution in [2.24, 2.45) is 0 Å². The van der Waals surface area contributed by atoms with Crippen LogP contribution >= 0.6 is 11.8 Å². The fourth-order valence-corrected chi connectivity index (χ4v) is 2.44. The molecule has 1 N–H and O–H groups in total. The van der Waals surface area contributed by atoms with Crippen molar-refractivity contribution in [2.45, 2.75) is 24.6 Å². The zero-order valence-corrected chi connectivity index (χ0v) is 8.32. The molecule has 4 heteroatoms. The fraction of sp³-hybridized carbons (Fsp3) is 0.875. The van der Waals surface area contributed by atoms with Gasteiger partial charge in [0.1, 0.15) is 0 Å². The van der Waals surface area contributed by atoms with Gasteiger partial charge >= 0.3 is 5.97 Å². The molecule has 0 radical (unpaired) electrons. The summed E-state index contributed by atoms with van der Waals surface area (Å²) in [5.41, 5.74) is 0. The van der Waals surface area contributed by atoms with Gasteiger partial charge in [0.15, 0.2) is 0 Å². The number of esters is 1. The maximum atomic E-state index is 10.8. The van der Waals surface area contributed by atoms with Gasteiger partial charge in [-0.15, -0.1) is 0 Å². The van der Waals surface area contributed by atoms with Crippen LogP contribution in [0.2, 0.25) is 0 Å². The topological polar surface area (TPSA) is 38.3 Å². The lowest BCUT2D eigenvalue weighted by Gasteiger charge is -2.09. The van der Waals surface area contributed by atoms with Crippen LogP contribution in [0.5, 0.6) is 0 Å². The van der Waals surface area contributed by atoms with Gasteiger partial charge < -0.3 is 10.1 Å². The molecule has 0 amide bonds. The predicted octanol–water partition coefficient (Wildman–Crippen LogP) is 0.643. The minimum absolute atomic E-state index is 0.181. The van der Waals surface area contributed by atoms with Crippen molar-refractivity contribution in [3.63, 3.8) is 0 Å². The first kappa shape index (κ1) is 9.86. The second-order valence-electron chi connectivity index (χ2n) is 3.03. The Bertz CT molecular complexity index is 163. The van der Waals surface area contributed by atoms with E-state index in [1.165, 1.54) is 7.11 Å². The first-order valence-corrected chi connectivity index (χ1v) is 5.19. The van der Waals surface area contributed by atoms with Crippen LogP contribution in [0.1, 0.15) is 13.3 Å². The highest BCUT2D eigenvalue weighted by atomic mass is 32.2. The van der Waals surface area contributed by atoms with E-state index >= 15 is 0 Å². The van der Waals surface area contributed by atoms with Crippen LogP contribution in [-0.4, -0.2) is 36.7 Å². The van der Waals surface area contributed by atoms with Gasteiger partial charge in [0.05, 0.1) is 13.7 Å². The summed E-state index contributed by atoms with van der Waals surface area (Å²) in [6.45, 7) is 2.55.